The van der Waals surface area contributed by atoms with Crippen molar-refractivity contribution < 1.29 is 4.79 Å². The fourth-order valence-corrected chi connectivity index (χ4v) is 3.89. The van der Waals surface area contributed by atoms with E-state index in [1.54, 1.807) is 6.07 Å². The van der Waals surface area contributed by atoms with Crippen molar-refractivity contribution in [2.45, 2.75) is 33.2 Å². The number of hydrogen-bond acceptors (Lipinski definition) is 3. The highest BCUT2D eigenvalue weighted by atomic mass is 16.2. The lowest BCUT2D eigenvalue weighted by Crippen LogP contribution is -2.34. The maximum atomic E-state index is 13.0. The van der Waals surface area contributed by atoms with Crippen molar-refractivity contribution in [2.24, 2.45) is 0 Å². The molecule has 0 unspecified atom stereocenters. The normalized spacial score (nSPS) is 10.9. The zero-order chi connectivity index (χ0) is 22.5. The van der Waals surface area contributed by atoms with Crippen molar-refractivity contribution in [2.75, 3.05) is 6.54 Å². The molecule has 0 atom stereocenters. The summed E-state index contributed by atoms with van der Waals surface area (Å²) in [6, 6.07) is 23.8. The van der Waals surface area contributed by atoms with Gasteiger partial charge in [0.2, 0.25) is 5.91 Å². The van der Waals surface area contributed by atoms with Crippen molar-refractivity contribution in [3.05, 3.63) is 99.8 Å². The molecule has 0 aliphatic heterocycles. The largest absolute Gasteiger partial charge is 0.354 e. The maximum Gasteiger partial charge on any atom is 0.275 e. The van der Waals surface area contributed by atoms with Gasteiger partial charge in [0.25, 0.3) is 5.56 Å². The molecule has 0 saturated heterocycles. The third-order valence-electron chi connectivity index (χ3n) is 5.62. The van der Waals surface area contributed by atoms with Crippen LogP contribution in [0.4, 0.5) is 0 Å². The quantitative estimate of drug-likeness (QED) is 0.446. The average molecular weight is 426 g/mol. The van der Waals surface area contributed by atoms with Gasteiger partial charge in [0.05, 0.1) is 11.1 Å². The molecule has 5 heteroatoms. The Morgan fingerprint density at radius 1 is 0.938 bits per heavy atom. The van der Waals surface area contributed by atoms with E-state index >= 15 is 0 Å². The summed E-state index contributed by atoms with van der Waals surface area (Å²) < 4.78 is 1.28. The third kappa shape index (κ3) is 4.78. The average Bonchev–Trinajstić information content (AvgIpc) is 2.81. The monoisotopic (exact) mass is 425 g/mol. The predicted molar refractivity (Wildman–Crippen MR) is 129 cm³/mol. The van der Waals surface area contributed by atoms with E-state index in [0.29, 0.717) is 11.9 Å². The Hall–Kier alpha value is -3.73. The van der Waals surface area contributed by atoms with Crippen LogP contribution < -0.4 is 10.9 Å². The van der Waals surface area contributed by atoms with Crippen LogP contribution in [0.2, 0.25) is 0 Å². The summed E-state index contributed by atoms with van der Waals surface area (Å²) in [5.74, 6) is -0.213. The first kappa shape index (κ1) is 21.5. The molecule has 1 heterocycles. The van der Waals surface area contributed by atoms with Crippen LogP contribution >= 0.6 is 0 Å². The molecule has 162 valence electrons. The first-order chi connectivity index (χ1) is 15.5. The zero-order valence-electron chi connectivity index (χ0n) is 18.5. The van der Waals surface area contributed by atoms with Crippen molar-refractivity contribution in [1.29, 1.82) is 0 Å². The predicted octanol–water partition coefficient (Wildman–Crippen LogP) is 4.43. The van der Waals surface area contributed by atoms with Crippen LogP contribution in [0.1, 0.15) is 23.1 Å². The number of rotatable bonds is 7. The minimum absolute atomic E-state index is 0.104. The second-order valence-corrected chi connectivity index (χ2v) is 8.11. The highest BCUT2D eigenvalue weighted by Gasteiger charge is 2.15. The third-order valence-corrected chi connectivity index (χ3v) is 5.62. The topological polar surface area (TPSA) is 64.0 Å². The molecule has 0 spiro atoms. The van der Waals surface area contributed by atoms with Crippen LogP contribution in [0, 0.1) is 13.8 Å². The lowest BCUT2D eigenvalue weighted by Gasteiger charge is -2.13. The molecule has 32 heavy (non-hydrogen) atoms. The fraction of sp³-hybridized carbons (Fsp3) is 0.222. The summed E-state index contributed by atoms with van der Waals surface area (Å²) in [6.45, 7) is 4.51. The standard InChI is InChI=1S/C27H27N3O2/c1-19-14-15-20(2)24(17-19)26-22-12-6-7-13-23(22)27(32)30(29-26)18-25(31)28-16-8-11-21-9-4-3-5-10-21/h3-7,9-10,12-15,17H,8,11,16,18H2,1-2H3,(H,28,31). The van der Waals surface area contributed by atoms with E-state index in [9.17, 15) is 9.59 Å². The maximum absolute atomic E-state index is 13.0. The Balaban J connectivity index is 1.56. The zero-order valence-corrected chi connectivity index (χ0v) is 18.5. The molecule has 3 aromatic carbocycles. The molecular weight excluding hydrogens is 398 g/mol. The number of hydrogen-bond donors (Lipinski definition) is 1. The molecule has 5 nitrogen and oxygen atoms in total. The van der Waals surface area contributed by atoms with E-state index in [-0.39, 0.29) is 18.0 Å². The summed E-state index contributed by atoms with van der Waals surface area (Å²) in [4.78, 5) is 25.6. The number of amides is 1. The van der Waals surface area contributed by atoms with E-state index in [2.05, 4.69) is 40.7 Å². The first-order valence-electron chi connectivity index (χ1n) is 10.9. The number of carbonyl (C=O) groups excluding carboxylic acids is 1. The first-order valence-corrected chi connectivity index (χ1v) is 10.9. The summed E-state index contributed by atoms with van der Waals surface area (Å²) >= 11 is 0. The van der Waals surface area contributed by atoms with Gasteiger partial charge in [-0.05, 0) is 49.9 Å². The van der Waals surface area contributed by atoms with Gasteiger partial charge in [0.15, 0.2) is 0 Å². The second kappa shape index (κ2) is 9.60. The minimum atomic E-state index is -0.255. The van der Waals surface area contributed by atoms with E-state index in [4.69, 9.17) is 0 Å². The number of carbonyl (C=O) groups is 1. The molecule has 0 aliphatic rings. The number of fused-ring (bicyclic) bond motifs is 1. The van der Waals surface area contributed by atoms with Crippen molar-refractivity contribution in [3.8, 4) is 11.3 Å². The number of nitrogens with one attached hydrogen (secondary N) is 1. The van der Waals surface area contributed by atoms with E-state index in [1.807, 2.05) is 50.2 Å². The number of aromatic nitrogens is 2. The summed E-state index contributed by atoms with van der Waals surface area (Å²) in [7, 11) is 0. The number of aryl methyl sites for hydroxylation is 3. The molecule has 0 bridgehead atoms. The molecule has 1 N–H and O–H groups in total. The number of benzene rings is 3. The van der Waals surface area contributed by atoms with Crippen LogP contribution in [-0.2, 0) is 17.8 Å². The minimum Gasteiger partial charge on any atom is -0.354 e. The molecule has 0 aliphatic carbocycles. The van der Waals surface area contributed by atoms with Gasteiger partial charge in [-0.25, -0.2) is 4.68 Å². The van der Waals surface area contributed by atoms with Gasteiger partial charge in [-0.15, -0.1) is 0 Å². The van der Waals surface area contributed by atoms with Crippen LogP contribution in [0.3, 0.4) is 0 Å². The Labute approximate surface area is 187 Å². The molecule has 1 amide bonds. The van der Waals surface area contributed by atoms with Crippen LogP contribution in [0.25, 0.3) is 22.0 Å². The smallest absolute Gasteiger partial charge is 0.275 e. The van der Waals surface area contributed by atoms with E-state index in [1.165, 1.54) is 10.2 Å². The Kier molecular flexibility index (Phi) is 6.45. The highest BCUT2D eigenvalue weighted by molar-refractivity contribution is 5.94. The lowest BCUT2D eigenvalue weighted by molar-refractivity contribution is -0.121. The van der Waals surface area contributed by atoms with Crippen molar-refractivity contribution >= 4 is 16.7 Å². The van der Waals surface area contributed by atoms with Gasteiger partial charge in [-0.3, -0.25) is 9.59 Å². The van der Waals surface area contributed by atoms with Crippen molar-refractivity contribution in [1.82, 2.24) is 15.1 Å². The van der Waals surface area contributed by atoms with Gasteiger partial charge in [-0.1, -0.05) is 66.2 Å². The van der Waals surface area contributed by atoms with E-state index in [0.717, 1.165) is 40.6 Å². The molecule has 0 fully saturated rings. The molecule has 4 aromatic rings. The summed E-state index contributed by atoms with van der Waals surface area (Å²) in [5, 5.41) is 8.91. The summed E-state index contributed by atoms with van der Waals surface area (Å²) in [6.07, 6.45) is 1.73. The Morgan fingerprint density at radius 2 is 1.66 bits per heavy atom. The molecule has 0 radical (unpaired) electrons. The van der Waals surface area contributed by atoms with Crippen LogP contribution in [0.5, 0.6) is 0 Å². The van der Waals surface area contributed by atoms with Gasteiger partial charge in [0.1, 0.15) is 6.54 Å². The van der Waals surface area contributed by atoms with Gasteiger partial charge in [0, 0.05) is 17.5 Å². The van der Waals surface area contributed by atoms with E-state index < -0.39 is 0 Å². The lowest BCUT2D eigenvalue weighted by atomic mass is 9.99. The Bertz CT molecular complexity index is 1310. The molecule has 0 saturated carbocycles. The van der Waals surface area contributed by atoms with Gasteiger partial charge >= 0.3 is 0 Å². The fourth-order valence-electron chi connectivity index (χ4n) is 3.89. The van der Waals surface area contributed by atoms with Crippen molar-refractivity contribution in [3.63, 3.8) is 0 Å². The SMILES string of the molecule is Cc1ccc(C)c(-c2nn(CC(=O)NCCCc3ccccc3)c(=O)c3ccccc23)c1. The van der Waals surface area contributed by atoms with Crippen LogP contribution in [-0.4, -0.2) is 22.2 Å². The van der Waals surface area contributed by atoms with Gasteiger partial charge in [-0.2, -0.15) is 5.10 Å². The Morgan fingerprint density at radius 3 is 2.44 bits per heavy atom. The highest BCUT2D eigenvalue weighted by Crippen LogP contribution is 2.28. The molecule has 4 rings (SSSR count). The summed E-state index contributed by atoms with van der Waals surface area (Å²) in [5.41, 5.74) is 4.87. The van der Waals surface area contributed by atoms with Gasteiger partial charge < -0.3 is 5.32 Å². The van der Waals surface area contributed by atoms with Crippen LogP contribution in [0.15, 0.2) is 77.6 Å². The molecule has 1 aromatic heterocycles. The number of nitrogens with zero attached hydrogens (tertiary/aromatic N) is 2. The molecular formula is C27H27N3O2. The second-order valence-electron chi connectivity index (χ2n) is 8.11.